The van der Waals surface area contributed by atoms with Crippen molar-refractivity contribution in [2.24, 2.45) is 0 Å². The zero-order chi connectivity index (χ0) is 19.5. The van der Waals surface area contributed by atoms with Crippen LogP contribution >= 0.6 is 11.8 Å². The number of anilines is 1. The van der Waals surface area contributed by atoms with Crippen LogP contribution in [0.15, 0.2) is 46.0 Å². The third kappa shape index (κ3) is 4.14. The zero-order valence-corrected chi connectivity index (χ0v) is 17.0. The minimum atomic E-state index is -0.103. The van der Waals surface area contributed by atoms with Crippen LogP contribution in [-0.2, 0) is 4.79 Å². The van der Waals surface area contributed by atoms with E-state index in [9.17, 15) is 4.79 Å². The highest BCUT2D eigenvalue weighted by atomic mass is 32.2. The van der Waals surface area contributed by atoms with E-state index in [1.54, 1.807) is 0 Å². The molecule has 1 aliphatic carbocycles. The second-order valence-corrected chi connectivity index (χ2v) is 8.07. The van der Waals surface area contributed by atoms with Crippen molar-refractivity contribution < 1.29 is 9.21 Å². The molecule has 28 heavy (non-hydrogen) atoms. The predicted molar refractivity (Wildman–Crippen MR) is 110 cm³/mol. The van der Waals surface area contributed by atoms with Crippen molar-refractivity contribution >= 4 is 23.5 Å². The molecule has 0 saturated heterocycles. The summed E-state index contributed by atoms with van der Waals surface area (Å²) in [5, 5.41) is 8.35. The Hall–Kier alpha value is -2.54. The molecule has 0 atom stereocenters. The Kier molecular flexibility index (Phi) is 5.52. The van der Waals surface area contributed by atoms with Gasteiger partial charge in [0.05, 0.1) is 22.8 Å². The van der Waals surface area contributed by atoms with Gasteiger partial charge in [-0.25, -0.2) is 9.67 Å². The van der Waals surface area contributed by atoms with Crippen molar-refractivity contribution in [1.29, 1.82) is 0 Å². The molecule has 0 radical (unpaired) electrons. The van der Waals surface area contributed by atoms with Crippen molar-refractivity contribution in [1.82, 2.24) is 14.8 Å². The highest BCUT2D eigenvalue weighted by molar-refractivity contribution is 7.99. The van der Waals surface area contributed by atoms with Gasteiger partial charge in [0.25, 0.3) is 5.22 Å². The Morgan fingerprint density at radius 2 is 2.00 bits per heavy atom. The van der Waals surface area contributed by atoms with Crippen LogP contribution < -0.4 is 5.32 Å². The van der Waals surface area contributed by atoms with Crippen molar-refractivity contribution in [2.75, 3.05) is 11.1 Å². The Morgan fingerprint density at radius 3 is 2.68 bits per heavy atom. The van der Waals surface area contributed by atoms with Gasteiger partial charge in [-0.05, 0) is 38.8 Å². The topological polar surface area (TPSA) is 73.0 Å². The first kappa shape index (κ1) is 18.8. The molecule has 7 heteroatoms. The maximum absolute atomic E-state index is 12.5. The van der Waals surface area contributed by atoms with Crippen molar-refractivity contribution in [3.8, 4) is 5.69 Å². The number of carbonyl (C=O) groups is 1. The molecule has 3 aromatic rings. The summed E-state index contributed by atoms with van der Waals surface area (Å²) in [7, 11) is 0. The molecule has 0 spiro atoms. The van der Waals surface area contributed by atoms with Crippen molar-refractivity contribution in [2.45, 2.75) is 50.7 Å². The summed E-state index contributed by atoms with van der Waals surface area (Å²) in [6.45, 7) is 3.77. The smallest absolute Gasteiger partial charge is 0.256 e. The molecule has 1 N–H and O–H groups in total. The fourth-order valence-electron chi connectivity index (χ4n) is 3.49. The minimum Gasteiger partial charge on any atom is -0.437 e. The van der Waals surface area contributed by atoms with Gasteiger partial charge >= 0.3 is 0 Å². The molecule has 0 aliphatic heterocycles. The number of amides is 1. The Balaban J connectivity index is 1.51. The second-order valence-electron chi connectivity index (χ2n) is 7.14. The molecule has 146 valence electrons. The SMILES string of the molecule is Cc1nc(SCC(=O)Nc2cc(C3CCCC3)nn2-c2ccccc2)oc1C. The van der Waals surface area contributed by atoms with E-state index in [2.05, 4.69) is 10.3 Å². The van der Waals surface area contributed by atoms with Gasteiger partial charge < -0.3 is 9.73 Å². The average Bonchev–Trinajstić information content (AvgIpc) is 3.42. The maximum atomic E-state index is 12.5. The van der Waals surface area contributed by atoms with Gasteiger partial charge in [-0.2, -0.15) is 5.10 Å². The van der Waals surface area contributed by atoms with Crippen LogP contribution in [0.3, 0.4) is 0 Å². The first-order valence-electron chi connectivity index (χ1n) is 9.62. The molecule has 1 amide bonds. The summed E-state index contributed by atoms with van der Waals surface area (Å²) < 4.78 is 7.36. The van der Waals surface area contributed by atoms with E-state index in [1.165, 1.54) is 24.6 Å². The highest BCUT2D eigenvalue weighted by Gasteiger charge is 2.22. The van der Waals surface area contributed by atoms with Crippen molar-refractivity contribution in [3.63, 3.8) is 0 Å². The van der Waals surface area contributed by atoms with E-state index >= 15 is 0 Å². The fourth-order valence-corrected chi connectivity index (χ4v) is 4.20. The number of nitrogens with zero attached hydrogens (tertiary/aromatic N) is 3. The lowest BCUT2D eigenvalue weighted by molar-refractivity contribution is -0.113. The summed E-state index contributed by atoms with van der Waals surface area (Å²) in [6, 6.07) is 11.9. The number of rotatable bonds is 6. The number of aryl methyl sites for hydroxylation is 2. The molecular weight excluding hydrogens is 372 g/mol. The number of hydrogen-bond donors (Lipinski definition) is 1. The van der Waals surface area contributed by atoms with Crippen LogP contribution in [0.25, 0.3) is 5.69 Å². The minimum absolute atomic E-state index is 0.103. The van der Waals surface area contributed by atoms with Gasteiger partial charge in [0, 0.05) is 12.0 Å². The Morgan fingerprint density at radius 1 is 1.25 bits per heavy atom. The van der Waals surface area contributed by atoms with Gasteiger partial charge in [0.2, 0.25) is 5.91 Å². The molecule has 2 heterocycles. The summed E-state index contributed by atoms with van der Waals surface area (Å²) in [5.74, 6) is 2.10. The monoisotopic (exact) mass is 396 g/mol. The number of para-hydroxylation sites is 1. The lowest BCUT2D eigenvalue weighted by atomic mass is 10.0. The van der Waals surface area contributed by atoms with Gasteiger partial charge in [-0.15, -0.1) is 0 Å². The van der Waals surface area contributed by atoms with E-state index in [4.69, 9.17) is 9.52 Å². The lowest BCUT2D eigenvalue weighted by Crippen LogP contribution is -2.16. The number of oxazole rings is 1. The first-order valence-corrected chi connectivity index (χ1v) is 10.6. The van der Waals surface area contributed by atoms with Crippen LogP contribution in [0.2, 0.25) is 0 Å². The summed E-state index contributed by atoms with van der Waals surface area (Å²) in [5.41, 5.74) is 2.85. The molecule has 4 rings (SSSR count). The lowest BCUT2D eigenvalue weighted by Gasteiger charge is -2.08. The zero-order valence-electron chi connectivity index (χ0n) is 16.1. The van der Waals surface area contributed by atoms with E-state index in [1.807, 2.05) is 54.9 Å². The molecule has 6 nitrogen and oxygen atoms in total. The molecular formula is C21H24N4O2S. The maximum Gasteiger partial charge on any atom is 0.256 e. The van der Waals surface area contributed by atoms with Crippen LogP contribution in [0.4, 0.5) is 5.82 Å². The summed E-state index contributed by atoms with van der Waals surface area (Å²) >= 11 is 1.30. The molecule has 1 saturated carbocycles. The van der Waals surface area contributed by atoms with Crippen LogP contribution in [0.5, 0.6) is 0 Å². The van der Waals surface area contributed by atoms with E-state index in [0.717, 1.165) is 35.7 Å². The molecule has 1 aromatic carbocycles. The molecule has 0 bridgehead atoms. The summed E-state index contributed by atoms with van der Waals surface area (Å²) in [4.78, 5) is 16.9. The Bertz CT molecular complexity index is 939. The van der Waals surface area contributed by atoms with E-state index < -0.39 is 0 Å². The summed E-state index contributed by atoms with van der Waals surface area (Å²) in [6.07, 6.45) is 4.82. The van der Waals surface area contributed by atoms with E-state index in [0.29, 0.717) is 17.0 Å². The average molecular weight is 397 g/mol. The van der Waals surface area contributed by atoms with Gasteiger partial charge in [-0.1, -0.05) is 42.8 Å². The predicted octanol–water partition coefficient (Wildman–Crippen LogP) is 4.87. The number of benzene rings is 1. The fraction of sp³-hybridized carbons (Fsp3) is 0.381. The Labute approximate surface area is 168 Å². The van der Waals surface area contributed by atoms with Crippen LogP contribution in [0, 0.1) is 13.8 Å². The first-order chi connectivity index (χ1) is 13.6. The van der Waals surface area contributed by atoms with Gasteiger partial charge in [0.1, 0.15) is 11.6 Å². The number of nitrogens with one attached hydrogen (secondary N) is 1. The van der Waals surface area contributed by atoms with Crippen LogP contribution in [0.1, 0.15) is 48.7 Å². The third-order valence-electron chi connectivity index (χ3n) is 5.11. The van der Waals surface area contributed by atoms with Gasteiger partial charge in [-0.3, -0.25) is 4.79 Å². The van der Waals surface area contributed by atoms with Crippen molar-refractivity contribution in [3.05, 3.63) is 53.5 Å². The van der Waals surface area contributed by atoms with Crippen LogP contribution in [-0.4, -0.2) is 26.4 Å². The van der Waals surface area contributed by atoms with Gasteiger partial charge in [0.15, 0.2) is 0 Å². The molecule has 1 aliphatic rings. The number of thioether (sulfide) groups is 1. The molecule has 0 unspecified atom stereocenters. The number of hydrogen-bond acceptors (Lipinski definition) is 5. The molecule has 2 aromatic heterocycles. The largest absolute Gasteiger partial charge is 0.437 e. The standard InChI is InChI=1S/C21H24N4O2S/c1-14-15(2)27-21(22-14)28-13-20(26)23-19-12-18(16-8-6-7-9-16)24-25(19)17-10-4-3-5-11-17/h3-5,10-12,16H,6-9,13H2,1-2H3,(H,23,26). The normalized spacial score (nSPS) is 14.5. The highest BCUT2D eigenvalue weighted by Crippen LogP contribution is 2.35. The number of carbonyl (C=O) groups excluding carboxylic acids is 1. The number of aromatic nitrogens is 3. The third-order valence-corrected chi connectivity index (χ3v) is 5.93. The molecule has 1 fully saturated rings. The quantitative estimate of drug-likeness (QED) is 0.602. The second kappa shape index (κ2) is 8.22. The van der Waals surface area contributed by atoms with E-state index in [-0.39, 0.29) is 11.7 Å².